The number of aliphatic carboxylic acids is 1. The first-order valence-electron chi connectivity index (χ1n) is 7.93. The Morgan fingerprint density at radius 1 is 1.24 bits per heavy atom. The van der Waals surface area contributed by atoms with Crippen LogP contribution in [0.3, 0.4) is 0 Å². The Hall–Kier alpha value is -1.51. The molecule has 1 aromatic carbocycles. The number of carboxylic acids is 1. The summed E-state index contributed by atoms with van der Waals surface area (Å²) in [6, 6.07) is 7.70. The van der Waals surface area contributed by atoms with E-state index < -0.39 is 11.4 Å². The van der Waals surface area contributed by atoms with E-state index in [1.807, 2.05) is 24.3 Å². The highest BCUT2D eigenvalue weighted by Gasteiger charge is 2.61. The van der Waals surface area contributed by atoms with Crippen molar-refractivity contribution in [2.75, 3.05) is 6.61 Å². The molecule has 0 radical (unpaired) electrons. The molecule has 3 nitrogen and oxygen atoms in total. The number of benzene rings is 1. The van der Waals surface area contributed by atoms with Gasteiger partial charge in [-0.05, 0) is 54.7 Å². The number of carbonyl (C=O) groups is 1. The molecule has 0 bridgehead atoms. The Balaban J connectivity index is 1.74. The summed E-state index contributed by atoms with van der Waals surface area (Å²) in [6.45, 7) is 4.91. The van der Waals surface area contributed by atoms with Gasteiger partial charge in [0.2, 0.25) is 0 Å². The summed E-state index contributed by atoms with van der Waals surface area (Å²) in [4.78, 5) is 11.8. The van der Waals surface area contributed by atoms with Crippen LogP contribution >= 0.6 is 0 Å². The van der Waals surface area contributed by atoms with Crippen LogP contribution in [0.5, 0.6) is 5.75 Å². The highest BCUT2D eigenvalue weighted by atomic mass is 16.5. The van der Waals surface area contributed by atoms with Crippen LogP contribution in [0.2, 0.25) is 0 Å². The first-order valence-corrected chi connectivity index (χ1v) is 7.93. The topological polar surface area (TPSA) is 46.5 Å². The molecule has 2 aliphatic rings. The van der Waals surface area contributed by atoms with Gasteiger partial charge in [-0.2, -0.15) is 0 Å². The van der Waals surface area contributed by atoms with Crippen molar-refractivity contribution < 1.29 is 14.6 Å². The minimum absolute atomic E-state index is 0.338. The van der Waals surface area contributed by atoms with Crippen LogP contribution in [0.25, 0.3) is 0 Å². The van der Waals surface area contributed by atoms with E-state index in [2.05, 4.69) is 13.8 Å². The zero-order chi connectivity index (χ0) is 15.1. The summed E-state index contributed by atoms with van der Waals surface area (Å²) in [6.07, 6.45) is 5.29. The average Bonchev–Trinajstić information content (AvgIpc) is 2.34. The van der Waals surface area contributed by atoms with Crippen LogP contribution in [0.4, 0.5) is 0 Å². The van der Waals surface area contributed by atoms with Gasteiger partial charge in [0, 0.05) is 0 Å². The van der Waals surface area contributed by atoms with Gasteiger partial charge in [0.25, 0.3) is 0 Å². The fourth-order valence-electron chi connectivity index (χ4n) is 3.87. The predicted molar refractivity (Wildman–Crippen MR) is 81.6 cm³/mol. The van der Waals surface area contributed by atoms with Crippen molar-refractivity contribution in [1.82, 2.24) is 0 Å². The smallest absolute Gasteiger partial charge is 0.314 e. The van der Waals surface area contributed by atoms with Crippen LogP contribution in [0.15, 0.2) is 24.3 Å². The van der Waals surface area contributed by atoms with Gasteiger partial charge in [0.15, 0.2) is 0 Å². The lowest BCUT2D eigenvalue weighted by Crippen LogP contribution is -2.57. The molecule has 0 aromatic heterocycles. The molecule has 0 unspecified atom stereocenters. The lowest BCUT2D eigenvalue weighted by Gasteiger charge is -2.59. The highest BCUT2D eigenvalue weighted by molar-refractivity contribution is 5.83. The standard InChI is InChI=1S/C18H24O3/c1-13(2)10-21-15-6-4-14(5-7-15)18(16(19)20)11-17(12-18)8-3-9-17/h4-7,13H,3,8-12H2,1-2H3,(H,19,20). The summed E-state index contributed by atoms with van der Waals surface area (Å²) in [5.74, 6) is 0.640. The van der Waals surface area contributed by atoms with Crippen LogP contribution in [-0.2, 0) is 10.2 Å². The van der Waals surface area contributed by atoms with Crippen LogP contribution < -0.4 is 4.74 Å². The van der Waals surface area contributed by atoms with Gasteiger partial charge in [-0.15, -0.1) is 0 Å². The van der Waals surface area contributed by atoms with Crippen molar-refractivity contribution in [2.45, 2.75) is 51.4 Å². The SMILES string of the molecule is CC(C)COc1ccc(C2(C(=O)O)CC3(CCC3)C2)cc1. The predicted octanol–water partition coefficient (Wildman–Crippen LogP) is 4.01. The Morgan fingerprint density at radius 3 is 2.29 bits per heavy atom. The molecule has 2 fully saturated rings. The first kappa shape index (κ1) is 14.4. The minimum atomic E-state index is -0.670. The molecule has 0 aliphatic heterocycles. The summed E-state index contributed by atoms with van der Waals surface area (Å²) in [5.41, 5.74) is 0.617. The quantitative estimate of drug-likeness (QED) is 0.890. The Labute approximate surface area is 126 Å². The Kier molecular flexibility index (Phi) is 3.46. The second-order valence-electron chi connectivity index (χ2n) is 7.32. The number of hydrogen-bond donors (Lipinski definition) is 1. The van der Waals surface area contributed by atoms with Crippen molar-refractivity contribution >= 4 is 5.97 Å². The number of ether oxygens (including phenoxy) is 1. The third-order valence-electron chi connectivity index (χ3n) is 5.17. The van der Waals surface area contributed by atoms with Gasteiger partial charge in [0.1, 0.15) is 5.75 Å². The van der Waals surface area contributed by atoms with E-state index in [4.69, 9.17) is 4.74 Å². The molecule has 3 heteroatoms. The maximum absolute atomic E-state index is 11.8. The van der Waals surface area contributed by atoms with E-state index in [1.165, 1.54) is 19.3 Å². The molecule has 21 heavy (non-hydrogen) atoms. The van der Waals surface area contributed by atoms with Crippen molar-refractivity contribution in [3.8, 4) is 5.75 Å². The summed E-state index contributed by atoms with van der Waals surface area (Å²) >= 11 is 0. The van der Waals surface area contributed by atoms with E-state index >= 15 is 0 Å². The summed E-state index contributed by atoms with van der Waals surface area (Å²) < 4.78 is 5.67. The highest BCUT2D eigenvalue weighted by Crippen LogP contribution is 2.65. The molecule has 1 spiro atoms. The van der Waals surface area contributed by atoms with Crippen molar-refractivity contribution in [3.63, 3.8) is 0 Å². The van der Waals surface area contributed by atoms with E-state index in [0.717, 1.165) is 24.2 Å². The van der Waals surface area contributed by atoms with E-state index in [0.29, 0.717) is 17.9 Å². The maximum atomic E-state index is 11.8. The maximum Gasteiger partial charge on any atom is 0.314 e. The van der Waals surface area contributed by atoms with Gasteiger partial charge < -0.3 is 9.84 Å². The molecule has 2 saturated carbocycles. The van der Waals surface area contributed by atoms with Crippen molar-refractivity contribution in [2.24, 2.45) is 11.3 Å². The molecular weight excluding hydrogens is 264 g/mol. The van der Waals surface area contributed by atoms with Crippen molar-refractivity contribution in [1.29, 1.82) is 0 Å². The Bertz CT molecular complexity index is 518. The molecular formula is C18H24O3. The van der Waals surface area contributed by atoms with Gasteiger partial charge in [-0.3, -0.25) is 4.79 Å². The molecule has 2 aliphatic carbocycles. The molecule has 0 heterocycles. The van der Waals surface area contributed by atoms with E-state index in [9.17, 15) is 9.90 Å². The van der Waals surface area contributed by atoms with E-state index in [-0.39, 0.29) is 0 Å². The lowest BCUT2D eigenvalue weighted by molar-refractivity contribution is -0.160. The fourth-order valence-corrected chi connectivity index (χ4v) is 3.87. The average molecular weight is 288 g/mol. The molecule has 3 rings (SSSR count). The summed E-state index contributed by atoms with van der Waals surface area (Å²) in [7, 11) is 0. The summed E-state index contributed by atoms with van der Waals surface area (Å²) in [5, 5.41) is 9.70. The molecule has 1 N–H and O–H groups in total. The largest absolute Gasteiger partial charge is 0.493 e. The zero-order valence-corrected chi connectivity index (χ0v) is 12.9. The molecule has 0 atom stereocenters. The normalized spacial score (nSPS) is 21.7. The lowest BCUT2D eigenvalue weighted by atomic mass is 9.44. The molecule has 114 valence electrons. The van der Waals surface area contributed by atoms with Gasteiger partial charge in [-0.1, -0.05) is 32.4 Å². The van der Waals surface area contributed by atoms with Crippen LogP contribution in [0.1, 0.15) is 51.5 Å². The number of carboxylic acid groups (broad SMARTS) is 1. The zero-order valence-electron chi connectivity index (χ0n) is 12.9. The molecule has 1 aromatic rings. The second-order valence-corrected chi connectivity index (χ2v) is 7.32. The van der Waals surface area contributed by atoms with Gasteiger partial charge in [0.05, 0.1) is 12.0 Å². The van der Waals surface area contributed by atoms with Crippen molar-refractivity contribution in [3.05, 3.63) is 29.8 Å². The molecule has 0 amide bonds. The van der Waals surface area contributed by atoms with Crippen LogP contribution in [0, 0.1) is 11.3 Å². The third kappa shape index (κ3) is 2.43. The second kappa shape index (κ2) is 5.04. The van der Waals surface area contributed by atoms with Crippen LogP contribution in [-0.4, -0.2) is 17.7 Å². The number of hydrogen-bond acceptors (Lipinski definition) is 2. The molecule has 0 saturated heterocycles. The fraction of sp³-hybridized carbons (Fsp3) is 0.611. The first-order chi connectivity index (χ1) is 9.96. The van der Waals surface area contributed by atoms with Gasteiger partial charge >= 0.3 is 5.97 Å². The number of rotatable bonds is 5. The van der Waals surface area contributed by atoms with Gasteiger partial charge in [-0.25, -0.2) is 0 Å². The minimum Gasteiger partial charge on any atom is -0.493 e. The van der Waals surface area contributed by atoms with E-state index in [1.54, 1.807) is 0 Å². The Morgan fingerprint density at radius 2 is 1.86 bits per heavy atom. The monoisotopic (exact) mass is 288 g/mol. The third-order valence-corrected chi connectivity index (χ3v) is 5.17.